The number of nitrogens with zero attached hydrogens (tertiary/aromatic N) is 1. The van der Waals surface area contributed by atoms with Gasteiger partial charge in [0.05, 0.1) is 17.7 Å². The number of nitrogens with one attached hydrogen (secondary N) is 1. The van der Waals surface area contributed by atoms with Gasteiger partial charge in [0, 0.05) is 18.7 Å². The van der Waals surface area contributed by atoms with Gasteiger partial charge in [0.25, 0.3) is 5.69 Å². The lowest BCUT2D eigenvalue weighted by Gasteiger charge is -2.12. The molecule has 0 atom stereocenters. The Labute approximate surface area is 149 Å². The average Bonchev–Trinajstić information content (AvgIpc) is 2.61. The highest BCUT2D eigenvalue weighted by molar-refractivity contribution is 6.27. The third-order valence-corrected chi connectivity index (χ3v) is 3.17. The lowest BCUT2D eigenvalue weighted by Crippen LogP contribution is -2.09. The fourth-order valence-corrected chi connectivity index (χ4v) is 1.89. The maximum atomic E-state index is 10.6. The molecule has 9 heteroatoms. The summed E-state index contributed by atoms with van der Waals surface area (Å²) >= 11 is 0. The van der Waals surface area contributed by atoms with Crippen LogP contribution in [0, 0.1) is 17.0 Å². The topological polar surface area (TPSA) is 139 Å². The van der Waals surface area contributed by atoms with Crippen molar-refractivity contribution in [3.63, 3.8) is 0 Å². The summed E-state index contributed by atoms with van der Waals surface area (Å²) in [6.07, 6.45) is 0. The lowest BCUT2D eigenvalue weighted by atomic mass is 10.1. The van der Waals surface area contributed by atoms with Crippen LogP contribution in [0.15, 0.2) is 42.5 Å². The number of hydrogen-bond acceptors (Lipinski definition) is 6. The van der Waals surface area contributed by atoms with Crippen LogP contribution in [0.3, 0.4) is 0 Å². The molecular formula is C17H18N2O7. The van der Waals surface area contributed by atoms with Crippen LogP contribution < -0.4 is 10.1 Å². The number of benzene rings is 2. The Morgan fingerprint density at radius 1 is 1.12 bits per heavy atom. The number of hydrogen-bond donors (Lipinski definition) is 3. The Bertz CT molecular complexity index is 776. The number of carbonyl (C=O) groups is 2. The highest BCUT2D eigenvalue weighted by Gasteiger charge is 2.06. The molecule has 2 rings (SSSR count). The summed E-state index contributed by atoms with van der Waals surface area (Å²) in [5.41, 5.74) is 3.11. The molecule has 0 saturated heterocycles. The zero-order valence-electron chi connectivity index (χ0n) is 14.1. The molecule has 0 radical (unpaired) electrons. The van der Waals surface area contributed by atoms with Crippen LogP contribution in [0.4, 0.5) is 11.4 Å². The second kappa shape index (κ2) is 9.62. The van der Waals surface area contributed by atoms with Gasteiger partial charge in [-0.2, -0.15) is 0 Å². The van der Waals surface area contributed by atoms with E-state index in [1.807, 2.05) is 25.1 Å². The maximum absolute atomic E-state index is 10.6. The summed E-state index contributed by atoms with van der Waals surface area (Å²) in [6, 6.07) is 12.4. The molecule has 0 aliphatic rings. The van der Waals surface area contributed by atoms with Crippen LogP contribution in [0.5, 0.6) is 5.75 Å². The Balaban J connectivity index is 0.000000487. The molecule has 0 spiro atoms. The zero-order chi connectivity index (χ0) is 19.7. The first-order valence-electron chi connectivity index (χ1n) is 7.32. The molecule has 138 valence electrons. The second-order valence-electron chi connectivity index (χ2n) is 5.09. The predicted octanol–water partition coefficient (Wildman–Crippen LogP) is 2.68. The van der Waals surface area contributed by atoms with Crippen molar-refractivity contribution < 1.29 is 29.5 Å². The molecule has 0 amide bonds. The lowest BCUT2D eigenvalue weighted by molar-refractivity contribution is -0.384. The number of aryl methyl sites for hydroxylation is 1. The van der Waals surface area contributed by atoms with E-state index < -0.39 is 16.9 Å². The minimum atomic E-state index is -1.82. The van der Waals surface area contributed by atoms with E-state index in [9.17, 15) is 10.1 Å². The summed E-state index contributed by atoms with van der Waals surface area (Å²) < 4.78 is 5.29. The number of anilines is 1. The van der Waals surface area contributed by atoms with Crippen molar-refractivity contribution in [3.8, 4) is 5.75 Å². The van der Waals surface area contributed by atoms with Crippen LogP contribution in [-0.2, 0) is 16.1 Å². The van der Waals surface area contributed by atoms with Gasteiger partial charge < -0.3 is 20.3 Å². The van der Waals surface area contributed by atoms with Crippen LogP contribution in [0.25, 0.3) is 0 Å². The zero-order valence-corrected chi connectivity index (χ0v) is 14.1. The number of aliphatic carboxylic acids is 2. The number of ether oxygens (including phenoxy) is 1. The highest BCUT2D eigenvalue weighted by atomic mass is 16.6. The average molecular weight is 362 g/mol. The van der Waals surface area contributed by atoms with Crippen LogP contribution in [0.1, 0.15) is 11.1 Å². The third-order valence-electron chi connectivity index (χ3n) is 3.17. The monoisotopic (exact) mass is 362 g/mol. The largest absolute Gasteiger partial charge is 0.495 e. The van der Waals surface area contributed by atoms with Crippen molar-refractivity contribution in [2.75, 3.05) is 12.4 Å². The Kier molecular flexibility index (Phi) is 7.56. The molecular weight excluding hydrogens is 344 g/mol. The third kappa shape index (κ3) is 6.48. The highest BCUT2D eigenvalue weighted by Crippen LogP contribution is 2.25. The Hall–Kier alpha value is -3.62. The predicted molar refractivity (Wildman–Crippen MR) is 93.4 cm³/mol. The van der Waals surface area contributed by atoms with E-state index >= 15 is 0 Å². The molecule has 0 unspecified atom stereocenters. The number of carboxylic acids is 2. The van der Waals surface area contributed by atoms with Crippen LogP contribution >= 0.6 is 0 Å². The molecule has 0 aromatic heterocycles. The number of carboxylic acid groups (broad SMARTS) is 2. The van der Waals surface area contributed by atoms with Gasteiger partial charge in [0.2, 0.25) is 0 Å². The standard InChI is InChI=1S/C15H16N2O3.C2H2O4/c1-11-3-8-15(20-2)14(9-11)16-10-12-4-6-13(7-5-12)17(18)19;3-1(4)2(5)6/h3-9,16H,10H2,1-2H3;(H,3,4)(H,5,6). The number of nitro groups is 1. The van der Waals surface area contributed by atoms with Gasteiger partial charge in [-0.15, -0.1) is 0 Å². The van der Waals surface area contributed by atoms with Crippen molar-refractivity contribution in [2.24, 2.45) is 0 Å². The summed E-state index contributed by atoms with van der Waals surface area (Å²) in [5, 5.41) is 28.6. The van der Waals surface area contributed by atoms with Crippen molar-refractivity contribution in [1.82, 2.24) is 0 Å². The molecule has 2 aromatic carbocycles. The normalized spacial score (nSPS) is 9.46. The van der Waals surface area contributed by atoms with Gasteiger partial charge in [0.15, 0.2) is 0 Å². The van der Waals surface area contributed by atoms with Crippen molar-refractivity contribution in [1.29, 1.82) is 0 Å². The Morgan fingerprint density at radius 2 is 1.69 bits per heavy atom. The van der Waals surface area contributed by atoms with E-state index in [2.05, 4.69) is 5.32 Å². The number of non-ortho nitro benzene ring substituents is 1. The molecule has 0 bridgehead atoms. The molecule has 0 fully saturated rings. The van der Waals surface area contributed by atoms with E-state index in [0.29, 0.717) is 6.54 Å². The van der Waals surface area contributed by atoms with E-state index in [1.54, 1.807) is 19.2 Å². The maximum Gasteiger partial charge on any atom is 0.414 e. The summed E-state index contributed by atoms with van der Waals surface area (Å²) in [6.45, 7) is 2.59. The van der Waals surface area contributed by atoms with Crippen LogP contribution in [0.2, 0.25) is 0 Å². The smallest absolute Gasteiger partial charge is 0.414 e. The van der Waals surface area contributed by atoms with Crippen molar-refractivity contribution >= 4 is 23.3 Å². The second-order valence-corrected chi connectivity index (χ2v) is 5.09. The molecule has 9 nitrogen and oxygen atoms in total. The number of nitro benzene ring substituents is 1. The molecule has 0 aliphatic carbocycles. The first-order valence-corrected chi connectivity index (χ1v) is 7.32. The van der Waals surface area contributed by atoms with Crippen molar-refractivity contribution in [3.05, 3.63) is 63.7 Å². The Morgan fingerprint density at radius 3 is 2.15 bits per heavy atom. The van der Waals surface area contributed by atoms with Crippen LogP contribution in [-0.4, -0.2) is 34.2 Å². The summed E-state index contributed by atoms with van der Waals surface area (Å²) in [4.78, 5) is 28.4. The fraction of sp³-hybridized carbons (Fsp3) is 0.176. The number of rotatable bonds is 5. The fourth-order valence-electron chi connectivity index (χ4n) is 1.89. The summed E-state index contributed by atoms with van der Waals surface area (Å²) in [5.74, 6) is -2.87. The number of methoxy groups -OCH3 is 1. The molecule has 0 saturated carbocycles. The van der Waals surface area contributed by atoms with Crippen molar-refractivity contribution in [2.45, 2.75) is 13.5 Å². The van der Waals surface area contributed by atoms with Gasteiger partial charge >= 0.3 is 11.9 Å². The van der Waals surface area contributed by atoms with Gasteiger partial charge in [-0.3, -0.25) is 10.1 Å². The van der Waals surface area contributed by atoms with Gasteiger partial charge in [-0.25, -0.2) is 9.59 Å². The summed E-state index contributed by atoms with van der Waals surface area (Å²) in [7, 11) is 1.63. The first-order chi connectivity index (χ1) is 12.2. The first kappa shape index (κ1) is 20.4. The van der Waals surface area contributed by atoms with E-state index in [-0.39, 0.29) is 5.69 Å². The van der Waals surface area contributed by atoms with E-state index in [4.69, 9.17) is 24.5 Å². The van der Waals surface area contributed by atoms with Gasteiger partial charge in [0.1, 0.15) is 5.75 Å². The molecule has 26 heavy (non-hydrogen) atoms. The van der Waals surface area contributed by atoms with Gasteiger partial charge in [-0.1, -0.05) is 18.2 Å². The molecule has 0 heterocycles. The SMILES string of the molecule is COc1ccc(C)cc1NCc1ccc([N+](=O)[O-])cc1.O=C(O)C(=O)O. The molecule has 2 aromatic rings. The minimum Gasteiger partial charge on any atom is -0.495 e. The minimum absolute atomic E-state index is 0.0990. The van der Waals surface area contributed by atoms with E-state index in [1.165, 1.54) is 12.1 Å². The quantitative estimate of drug-likeness (QED) is 0.419. The molecule has 3 N–H and O–H groups in total. The van der Waals surface area contributed by atoms with E-state index in [0.717, 1.165) is 22.6 Å². The van der Waals surface area contributed by atoms with Gasteiger partial charge in [-0.05, 0) is 30.2 Å². The molecule has 0 aliphatic heterocycles.